The Morgan fingerprint density at radius 3 is 2.60 bits per heavy atom. The number of aromatic nitrogens is 2. The van der Waals surface area contributed by atoms with Crippen LogP contribution >= 0.6 is 11.6 Å². The van der Waals surface area contributed by atoms with Crippen molar-refractivity contribution in [3.8, 4) is 5.75 Å². The van der Waals surface area contributed by atoms with Crippen LogP contribution in [-0.4, -0.2) is 68.8 Å². The molecule has 9 nitrogen and oxygen atoms in total. The summed E-state index contributed by atoms with van der Waals surface area (Å²) in [5, 5.41) is 18.8. The lowest BCUT2D eigenvalue weighted by Gasteiger charge is -2.53. The highest BCUT2D eigenvalue weighted by atomic mass is 35.5. The average molecular weight is 583 g/mol. The lowest BCUT2D eigenvalue weighted by Crippen LogP contribution is -2.61. The molecule has 1 aromatic carbocycles. The number of rotatable bonds is 5. The van der Waals surface area contributed by atoms with Crippen LogP contribution in [0.15, 0.2) is 30.6 Å². The van der Waals surface area contributed by atoms with Crippen molar-refractivity contribution in [1.29, 1.82) is 0 Å². The topological polar surface area (TPSA) is 106 Å². The first-order valence-corrected chi connectivity index (χ1v) is 13.9. The first-order chi connectivity index (χ1) is 18.9. The first-order valence-electron chi connectivity index (χ1n) is 13.5. The molecule has 2 bridgehead atoms. The molecule has 40 heavy (non-hydrogen) atoms. The minimum atomic E-state index is -4.73. The Hall–Kier alpha value is -2.83. The van der Waals surface area contributed by atoms with Crippen LogP contribution in [0.3, 0.4) is 0 Å². The third kappa shape index (κ3) is 5.16. The molecule has 0 radical (unpaired) electrons. The smallest absolute Gasteiger partial charge is 0.480 e. The molecule has 3 saturated carbocycles. The predicted molar refractivity (Wildman–Crippen MR) is 136 cm³/mol. The number of alkyl halides is 3. The van der Waals surface area contributed by atoms with Gasteiger partial charge in [-0.1, -0.05) is 11.6 Å². The Bertz CT molecular complexity index is 1290. The van der Waals surface area contributed by atoms with Gasteiger partial charge < -0.3 is 20.1 Å². The number of carbonyl (C=O) groups excluding carboxylic acids is 2. The Morgan fingerprint density at radius 2 is 1.90 bits per heavy atom. The molecule has 4 fully saturated rings. The van der Waals surface area contributed by atoms with Crippen molar-refractivity contribution < 1.29 is 37.3 Å². The summed E-state index contributed by atoms with van der Waals surface area (Å²) >= 11 is 6.03. The lowest BCUT2D eigenvalue weighted by atomic mass is 9.61. The third-order valence-electron chi connectivity index (χ3n) is 8.97. The molecule has 3 atom stereocenters. The average Bonchev–Trinajstić information content (AvgIpc) is 3.59. The fraction of sp³-hybridized carbons (Fsp3) is 0.593. The van der Waals surface area contributed by atoms with E-state index in [0.29, 0.717) is 21.9 Å². The number of ether oxygens (including phenoxy) is 2. The molecule has 7 rings (SSSR count). The van der Waals surface area contributed by atoms with Gasteiger partial charge in [-0.2, -0.15) is 5.10 Å². The van der Waals surface area contributed by atoms with Crippen LogP contribution in [0.2, 0.25) is 5.02 Å². The third-order valence-corrected chi connectivity index (χ3v) is 9.21. The highest BCUT2D eigenvalue weighted by Crippen LogP contribution is 2.51. The van der Waals surface area contributed by atoms with Gasteiger partial charge in [-0.3, -0.25) is 19.0 Å². The van der Waals surface area contributed by atoms with E-state index in [-0.39, 0.29) is 48.8 Å². The van der Waals surface area contributed by atoms with Gasteiger partial charge in [0.05, 0.1) is 29.5 Å². The Morgan fingerprint density at radius 1 is 1.18 bits per heavy atom. The standard InChI is InChI=1S/C27H30ClF3N4O5/c28-17-1-2-21-19(11-17)20(36)12-22(39-21)23(37)33-25-4-7-26(8-5-25,9-6-25)35-14-16(13-32-35)24(38)34-10-3-18(15-34)40-27(29,30)31/h1-2,11,13-14,18,20,22,36H,3-10,12,15H2,(H,33,37)/t18-,20+,22+,25?,26?/m0/s1. The monoisotopic (exact) mass is 582 g/mol. The van der Waals surface area contributed by atoms with E-state index in [1.165, 1.54) is 11.1 Å². The number of nitrogens with zero attached hydrogens (tertiary/aromatic N) is 3. The zero-order chi connectivity index (χ0) is 28.3. The Balaban J connectivity index is 1.06. The predicted octanol–water partition coefficient (Wildman–Crippen LogP) is 4.09. The van der Waals surface area contributed by atoms with E-state index in [2.05, 4.69) is 15.2 Å². The second kappa shape index (κ2) is 9.92. The molecule has 3 heterocycles. The quantitative estimate of drug-likeness (QED) is 0.550. The van der Waals surface area contributed by atoms with E-state index in [0.717, 1.165) is 38.5 Å². The van der Waals surface area contributed by atoms with E-state index in [9.17, 15) is 27.9 Å². The first kappa shape index (κ1) is 27.3. The summed E-state index contributed by atoms with van der Waals surface area (Å²) in [7, 11) is 0. The molecule has 0 unspecified atom stereocenters. The van der Waals surface area contributed by atoms with Gasteiger partial charge in [-0.15, -0.1) is 13.2 Å². The lowest BCUT2D eigenvalue weighted by molar-refractivity contribution is -0.340. The van der Waals surface area contributed by atoms with Gasteiger partial charge in [0.2, 0.25) is 0 Å². The molecule has 3 aliphatic carbocycles. The zero-order valence-corrected chi connectivity index (χ0v) is 22.4. The number of carbonyl (C=O) groups is 2. The second-order valence-electron chi connectivity index (χ2n) is 11.4. The van der Waals surface area contributed by atoms with Crippen LogP contribution < -0.4 is 10.1 Å². The summed E-state index contributed by atoms with van der Waals surface area (Å²) in [5.74, 6) is -0.157. The van der Waals surface area contributed by atoms with Gasteiger partial charge in [0.1, 0.15) is 5.75 Å². The van der Waals surface area contributed by atoms with Crippen molar-refractivity contribution in [1.82, 2.24) is 20.0 Å². The molecule has 0 spiro atoms. The molecule has 5 aliphatic rings. The summed E-state index contributed by atoms with van der Waals surface area (Å²) in [6.45, 7) is 0.0805. The molecule has 2 aromatic rings. The maximum absolute atomic E-state index is 13.2. The van der Waals surface area contributed by atoms with E-state index < -0.39 is 24.7 Å². The SMILES string of the molecule is O=C(NC12CCC(n3cc(C(=O)N4CC[C@H](OC(F)(F)F)C4)cn3)(CC1)CC2)[C@H]1C[C@@H](O)c2cc(Cl)ccc2O1. The number of aliphatic hydroxyl groups excluding tert-OH is 1. The van der Waals surface area contributed by atoms with Crippen molar-refractivity contribution in [2.75, 3.05) is 13.1 Å². The maximum Gasteiger partial charge on any atom is 0.522 e. The zero-order valence-electron chi connectivity index (χ0n) is 21.6. The molecular formula is C27H30ClF3N4O5. The fourth-order valence-corrected chi connectivity index (χ4v) is 6.87. The van der Waals surface area contributed by atoms with Crippen LogP contribution in [0.4, 0.5) is 13.2 Å². The number of amides is 2. The molecular weight excluding hydrogens is 553 g/mol. The van der Waals surface area contributed by atoms with E-state index in [1.54, 1.807) is 24.4 Å². The van der Waals surface area contributed by atoms with Crippen LogP contribution in [0.25, 0.3) is 0 Å². The van der Waals surface area contributed by atoms with Crippen LogP contribution in [-0.2, 0) is 15.1 Å². The summed E-state index contributed by atoms with van der Waals surface area (Å²) in [6.07, 6.45) is 0.441. The molecule has 2 N–H and O–H groups in total. The maximum atomic E-state index is 13.2. The van der Waals surface area contributed by atoms with Crippen molar-refractivity contribution in [2.45, 2.75) is 87.1 Å². The van der Waals surface area contributed by atoms with Crippen molar-refractivity contribution in [2.24, 2.45) is 0 Å². The molecule has 1 aromatic heterocycles. The van der Waals surface area contributed by atoms with Gasteiger partial charge in [-0.25, -0.2) is 0 Å². The highest BCUT2D eigenvalue weighted by molar-refractivity contribution is 6.30. The van der Waals surface area contributed by atoms with Gasteiger partial charge >= 0.3 is 6.36 Å². The second-order valence-corrected chi connectivity index (χ2v) is 11.9. The van der Waals surface area contributed by atoms with Crippen LogP contribution in [0, 0.1) is 0 Å². The molecule has 2 amide bonds. The minimum absolute atomic E-state index is 0.113. The number of hydrogen-bond acceptors (Lipinski definition) is 6. The minimum Gasteiger partial charge on any atom is -0.480 e. The molecule has 13 heteroatoms. The van der Waals surface area contributed by atoms with Gasteiger partial charge in [0, 0.05) is 41.8 Å². The molecule has 216 valence electrons. The summed E-state index contributed by atoms with van der Waals surface area (Å²) in [5.41, 5.74) is 0.258. The number of fused-ring (bicyclic) bond motifs is 4. The number of halogens is 4. The van der Waals surface area contributed by atoms with Crippen molar-refractivity contribution >= 4 is 23.4 Å². The van der Waals surface area contributed by atoms with Crippen molar-refractivity contribution in [3.05, 3.63) is 46.7 Å². The van der Waals surface area contributed by atoms with Crippen LogP contribution in [0.5, 0.6) is 5.75 Å². The largest absolute Gasteiger partial charge is 0.522 e. The summed E-state index contributed by atoms with van der Waals surface area (Å²) in [6, 6.07) is 4.97. The Labute approximate surface area is 233 Å². The van der Waals surface area contributed by atoms with E-state index in [4.69, 9.17) is 16.3 Å². The van der Waals surface area contributed by atoms with E-state index >= 15 is 0 Å². The van der Waals surface area contributed by atoms with Gasteiger partial charge in [0.25, 0.3) is 11.8 Å². The summed E-state index contributed by atoms with van der Waals surface area (Å²) < 4.78 is 49.4. The molecule has 2 aliphatic heterocycles. The summed E-state index contributed by atoms with van der Waals surface area (Å²) in [4.78, 5) is 27.5. The fourth-order valence-electron chi connectivity index (χ4n) is 6.69. The van der Waals surface area contributed by atoms with Gasteiger partial charge in [0.15, 0.2) is 6.10 Å². The number of nitrogens with one attached hydrogen (secondary N) is 1. The Kier molecular flexibility index (Phi) is 6.78. The number of likely N-dealkylation sites (tertiary alicyclic amines) is 1. The van der Waals surface area contributed by atoms with E-state index in [1.807, 2.05) is 4.68 Å². The highest BCUT2D eigenvalue weighted by Gasteiger charge is 2.51. The molecule has 1 saturated heterocycles. The number of hydrogen-bond donors (Lipinski definition) is 2. The normalized spacial score (nSPS) is 31.5. The number of aliphatic hydroxyl groups is 1. The van der Waals surface area contributed by atoms with Crippen molar-refractivity contribution in [3.63, 3.8) is 0 Å². The van der Waals surface area contributed by atoms with Gasteiger partial charge in [-0.05, 0) is 63.1 Å². The number of benzene rings is 1. The van der Waals surface area contributed by atoms with Crippen LogP contribution in [0.1, 0.15) is 73.4 Å².